The van der Waals surface area contributed by atoms with Crippen LogP contribution in [0.3, 0.4) is 0 Å². The molecule has 4 nitrogen and oxygen atoms in total. The highest BCUT2D eigenvalue weighted by atomic mass is 16.5. The molecule has 0 spiro atoms. The summed E-state index contributed by atoms with van der Waals surface area (Å²) in [7, 11) is 0. The van der Waals surface area contributed by atoms with Gasteiger partial charge in [-0.3, -0.25) is 4.79 Å². The number of carbonyl (C=O) groups is 1. The molecule has 1 fully saturated rings. The Morgan fingerprint density at radius 1 is 1.47 bits per heavy atom. The molecule has 17 heavy (non-hydrogen) atoms. The lowest BCUT2D eigenvalue weighted by Gasteiger charge is -2.38. The number of nitrogens with two attached hydrogens (primary N) is 1. The van der Waals surface area contributed by atoms with Crippen molar-refractivity contribution in [1.82, 2.24) is 4.90 Å². The van der Waals surface area contributed by atoms with Crippen LogP contribution in [0.25, 0.3) is 0 Å². The van der Waals surface area contributed by atoms with E-state index in [1.54, 1.807) is 0 Å². The lowest BCUT2D eigenvalue weighted by Crippen LogP contribution is -2.49. The van der Waals surface area contributed by atoms with Crippen LogP contribution >= 0.6 is 0 Å². The first-order chi connectivity index (χ1) is 8.19. The van der Waals surface area contributed by atoms with Crippen LogP contribution in [-0.2, 0) is 9.53 Å². The SMILES string of the molecule is CCCOCCC(=O)N1CCC(C)CC1CN. The number of likely N-dealkylation sites (tertiary alicyclic amines) is 1. The minimum atomic E-state index is 0.198. The van der Waals surface area contributed by atoms with Crippen molar-refractivity contribution in [3.05, 3.63) is 0 Å². The van der Waals surface area contributed by atoms with E-state index < -0.39 is 0 Å². The summed E-state index contributed by atoms with van der Waals surface area (Å²) < 4.78 is 5.36. The molecular formula is C13H26N2O2. The molecule has 1 aliphatic rings. The topological polar surface area (TPSA) is 55.6 Å². The molecule has 0 aromatic heterocycles. The molecule has 1 aliphatic heterocycles. The van der Waals surface area contributed by atoms with E-state index in [0.29, 0.717) is 25.5 Å². The molecule has 0 saturated carbocycles. The summed E-state index contributed by atoms with van der Waals surface area (Å²) in [6, 6.07) is 0.234. The second kappa shape index (κ2) is 7.67. The maximum absolute atomic E-state index is 12.0. The van der Waals surface area contributed by atoms with Gasteiger partial charge in [0.05, 0.1) is 13.0 Å². The van der Waals surface area contributed by atoms with Gasteiger partial charge in [-0.05, 0) is 25.2 Å². The number of amides is 1. The summed E-state index contributed by atoms with van der Waals surface area (Å²) in [5.41, 5.74) is 5.74. The van der Waals surface area contributed by atoms with Gasteiger partial charge >= 0.3 is 0 Å². The van der Waals surface area contributed by atoms with Crippen molar-refractivity contribution in [1.29, 1.82) is 0 Å². The third-order valence-electron chi connectivity index (χ3n) is 3.38. The first-order valence-electron chi connectivity index (χ1n) is 6.76. The highest BCUT2D eigenvalue weighted by molar-refractivity contribution is 5.76. The van der Waals surface area contributed by atoms with E-state index in [0.717, 1.165) is 32.4 Å². The Kier molecular flexibility index (Phi) is 6.52. The summed E-state index contributed by atoms with van der Waals surface area (Å²) in [6.07, 6.45) is 3.63. The molecule has 2 atom stereocenters. The van der Waals surface area contributed by atoms with Crippen molar-refractivity contribution in [2.45, 2.75) is 45.6 Å². The van der Waals surface area contributed by atoms with Crippen LogP contribution in [0.1, 0.15) is 39.5 Å². The third-order valence-corrected chi connectivity index (χ3v) is 3.38. The summed E-state index contributed by atoms with van der Waals surface area (Å²) >= 11 is 0. The number of hydrogen-bond acceptors (Lipinski definition) is 3. The smallest absolute Gasteiger partial charge is 0.225 e. The molecular weight excluding hydrogens is 216 g/mol. The van der Waals surface area contributed by atoms with E-state index in [1.807, 2.05) is 4.90 Å². The van der Waals surface area contributed by atoms with Crippen LogP contribution in [-0.4, -0.2) is 43.2 Å². The first kappa shape index (κ1) is 14.5. The lowest BCUT2D eigenvalue weighted by molar-refractivity contribution is -0.136. The van der Waals surface area contributed by atoms with E-state index in [-0.39, 0.29) is 11.9 Å². The minimum absolute atomic E-state index is 0.198. The largest absolute Gasteiger partial charge is 0.381 e. The van der Waals surface area contributed by atoms with Crippen molar-refractivity contribution >= 4 is 5.91 Å². The number of piperidine rings is 1. The Hall–Kier alpha value is -0.610. The van der Waals surface area contributed by atoms with Crippen LogP contribution in [0, 0.1) is 5.92 Å². The molecule has 1 rings (SSSR count). The predicted octanol–water partition coefficient (Wildman–Crippen LogP) is 1.39. The van der Waals surface area contributed by atoms with Gasteiger partial charge in [-0.1, -0.05) is 13.8 Å². The van der Waals surface area contributed by atoms with E-state index >= 15 is 0 Å². The molecule has 1 saturated heterocycles. The van der Waals surface area contributed by atoms with Gasteiger partial charge in [-0.15, -0.1) is 0 Å². The van der Waals surface area contributed by atoms with Crippen molar-refractivity contribution in [3.63, 3.8) is 0 Å². The minimum Gasteiger partial charge on any atom is -0.381 e. The fourth-order valence-corrected chi connectivity index (χ4v) is 2.35. The van der Waals surface area contributed by atoms with E-state index in [9.17, 15) is 4.79 Å². The number of rotatable bonds is 6. The van der Waals surface area contributed by atoms with Gasteiger partial charge in [0.2, 0.25) is 5.91 Å². The highest BCUT2D eigenvalue weighted by Crippen LogP contribution is 2.22. The van der Waals surface area contributed by atoms with Gasteiger partial charge in [0.25, 0.3) is 0 Å². The summed E-state index contributed by atoms with van der Waals surface area (Å²) in [5, 5.41) is 0. The second-order valence-corrected chi connectivity index (χ2v) is 4.97. The van der Waals surface area contributed by atoms with Gasteiger partial charge in [-0.25, -0.2) is 0 Å². The Morgan fingerprint density at radius 2 is 2.24 bits per heavy atom. The molecule has 0 aliphatic carbocycles. The first-order valence-corrected chi connectivity index (χ1v) is 6.76. The average molecular weight is 242 g/mol. The molecule has 0 radical (unpaired) electrons. The number of ether oxygens (including phenoxy) is 1. The Morgan fingerprint density at radius 3 is 2.88 bits per heavy atom. The zero-order valence-electron chi connectivity index (χ0n) is 11.2. The summed E-state index contributed by atoms with van der Waals surface area (Å²) in [6.45, 7) is 7.01. The van der Waals surface area contributed by atoms with Gasteiger partial charge in [-0.2, -0.15) is 0 Å². The number of nitrogens with zero attached hydrogens (tertiary/aromatic N) is 1. The summed E-state index contributed by atoms with van der Waals surface area (Å²) in [5.74, 6) is 0.882. The molecule has 2 N–H and O–H groups in total. The molecule has 2 unspecified atom stereocenters. The standard InChI is InChI=1S/C13H26N2O2/c1-3-7-17-8-5-13(16)15-6-4-11(2)9-12(15)10-14/h11-12H,3-10,14H2,1-2H3. The lowest BCUT2D eigenvalue weighted by atomic mass is 9.92. The van der Waals surface area contributed by atoms with E-state index in [4.69, 9.17) is 10.5 Å². The molecule has 0 aromatic rings. The molecule has 1 amide bonds. The maximum atomic E-state index is 12.0. The zero-order valence-corrected chi connectivity index (χ0v) is 11.2. The van der Waals surface area contributed by atoms with Crippen molar-refractivity contribution in [3.8, 4) is 0 Å². The second-order valence-electron chi connectivity index (χ2n) is 4.97. The molecule has 4 heteroatoms. The molecule has 0 aromatic carbocycles. The van der Waals surface area contributed by atoms with Crippen molar-refractivity contribution in [2.24, 2.45) is 11.7 Å². The Labute approximate surface area is 104 Å². The fourth-order valence-electron chi connectivity index (χ4n) is 2.35. The molecule has 1 heterocycles. The molecule has 0 bridgehead atoms. The quantitative estimate of drug-likeness (QED) is 0.716. The Bertz CT molecular complexity index is 233. The summed E-state index contributed by atoms with van der Waals surface area (Å²) in [4.78, 5) is 14.0. The third kappa shape index (κ3) is 4.64. The zero-order chi connectivity index (χ0) is 12.7. The monoisotopic (exact) mass is 242 g/mol. The average Bonchev–Trinajstić information content (AvgIpc) is 2.34. The van der Waals surface area contributed by atoms with Gasteiger partial charge in [0.15, 0.2) is 0 Å². The van der Waals surface area contributed by atoms with Crippen molar-refractivity contribution in [2.75, 3.05) is 26.3 Å². The van der Waals surface area contributed by atoms with E-state index in [1.165, 1.54) is 0 Å². The van der Waals surface area contributed by atoms with Crippen LogP contribution in [0.4, 0.5) is 0 Å². The van der Waals surface area contributed by atoms with Crippen LogP contribution in [0.5, 0.6) is 0 Å². The number of hydrogen-bond donors (Lipinski definition) is 1. The predicted molar refractivity (Wildman–Crippen MR) is 68.7 cm³/mol. The number of carbonyl (C=O) groups excluding carboxylic acids is 1. The Balaban J connectivity index is 2.33. The van der Waals surface area contributed by atoms with Crippen LogP contribution in [0.15, 0.2) is 0 Å². The van der Waals surface area contributed by atoms with Crippen molar-refractivity contribution < 1.29 is 9.53 Å². The van der Waals surface area contributed by atoms with Gasteiger partial charge in [0.1, 0.15) is 0 Å². The molecule has 100 valence electrons. The van der Waals surface area contributed by atoms with Crippen LogP contribution in [0.2, 0.25) is 0 Å². The van der Waals surface area contributed by atoms with Crippen LogP contribution < -0.4 is 5.73 Å². The maximum Gasteiger partial charge on any atom is 0.225 e. The normalized spacial score (nSPS) is 25.0. The highest BCUT2D eigenvalue weighted by Gasteiger charge is 2.28. The van der Waals surface area contributed by atoms with E-state index in [2.05, 4.69) is 13.8 Å². The van der Waals surface area contributed by atoms with Gasteiger partial charge < -0.3 is 15.4 Å². The fraction of sp³-hybridized carbons (Fsp3) is 0.923. The van der Waals surface area contributed by atoms with Gasteiger partial charge in [0, 0.05) is 25.7 Å².